The normalized spacial score (nSPS) is 11.4. The highest BCUT2D eigenvalue weighted by atomic mass is 32.2. The molecule has 0 aromatic carbocycles. The Balaban J connectivity index is 4.42. The molecule has 46 heavy (non-hydrogen) atoms. The summed E-state index contributed by atoms with van der Waals surface area (Å²) >= 11 is 1.26. The summed E-state index contributed by atoms with van der Waals surface area (Å²) in [5, 5.41) is 0.0418. The van der Waals surface area contributed by atoms with Crippen LogP contribution in [0, 0.1) is 0 Å². The van der Waals surface area contributed by atoms with Crippen LogP contribution in [-0.4, -0.2) is 60.2 Å². The van der Waals surface area contributed by atoms with Gasteiger partial charge in [0.05, 0.1) is 0 Å². The number of thioether (sulfide) groups is 1. The van der Waals surface area contributed by atoms with Crippen molar-refractivity contribution >= 4 is 28.9 Å². The van der Waals surface area contributed by atoms with Gasteiger partial charge in [-0.05, 0) is 64.2 Å². The highest BCUT2D eigenvalue weighted by Crippen LogP contribution is 2.18. The molecule has 0 aliphatic rings. The fraction of sp³-hybridized carbons (Fsp3) is 0.868. The zero-order chi connectivity index (χ0) is 33.9. The van der Waals surface area contributed by atoms with E-state index in [0.29, 0.717) is 51.3 Å². The number of carbonyl (C=O) groups is 3. The van der Waals surface area contributed by atoms with Crippen molar-refractivity contribution in [2.75, 3.05) is 32.0 Å². The van der Waals surface area contributed by atoms with Crippen LogP contribution in [0.25, 0.3) is 0 Å². The molecule has 2 N–H and O–H groups in total. The molecule has 1 amide bonds. The Morgan fingerprint density at radius 3 is 1.78 bits per heavy atom. The number of amides is 1. The summed E-state index contributed by atoms with van der Waals surface area (Å²) < 4.78 is 11.3. The number of nitrogens with two attached hydrogens (primary N) is 1. The number of esters is 2. The lowest BCUT2D eigenvalue weighted by Crippen LogP contribution is -2.30. The van der Waals surface area contributed by atoms with Crippen LogP contribution in [0.15, 0.2) is 12.2 Å². The second kappa shape index (κ2) is 34.8. The summed E-state index contributed by atoms with van der Waals surface area (Å²) in [5.41, 5.74) is 5.63. The lowest BCUT2D eigenvalue weighted by molar-refractivity contribution is -0.150. The maximum Gasteiger partial charge on any atom is 0.306 e. The molecule has 0 aliphatic carbocycles. The fourth-order valence-electron chi connectivity index (χ4n) is 5.40. The summed E-state index contributed by atoms with van der Waals surface area (Å²) in [6.45, 7) is 8.74. The summed E-state index contributed by atoms with van der Waals surface area (Å²) in [6, 6.07) is 0. The van der Waals surface area contributed by atoms with Crippen LogP contribution >= 0.6 is 11.8 Å². The van der Waals surface area contributed by atoms with Crippen molar-refractivity contribution < 1.29 is 23.9 Å². The molecule has 0 atom stereocenters. The molecule has 7 nitrogen and oxygen atoms in total. The van der Waals surface area contributed by atoms with Crippen molar-refractivity contribution in [3.8, 4) is 0 Å². The van der Waals surface area contributed by atoms with E-state index in [-0.39, 0.29) is 23.3 Å². The highest BCUT2D eigenvalue weighted by Gasteiger charge is 2.16. The van der Waals surface area contributed by atoms with E-state index in [1.165, 1.54) is 88.8 Å². The van der Waals surface area contributed by atoms with E-state index < -0.39 is 0 Å². The molecule has 0 saturated carbocycles. The minimum atomic E-state index is -0.163. The second-order valence-corrected chi connectivity index (χ2v) is 13.7. The maximum atomic E-state index is 12.8. The zero-order valence-electron chi connectivity index (χ0n) is 30.2. The number of unbranched alkanes of at least 4 members (excludes halogenated alkanes) is 15. The number of nitrogens with zero attached hydrogens (tertiary/aromatic N) is 1. The second-order valence-electron chi connectivity index (χ2n) is 12.7. The van der Waals surface area contributed by atoms with Crippen LogP contribution in [0.3, 0.4) is 0 Å². The zero-order valence-corrected chi connectivity index (χ0v) is 31.0. The van der Waals surface area contributed by atoms with Crippen LogP contribution in [0.4, 0.5) is 4.79 Å². The standard InChI is InChI=1S/C38H72N2O5S/c1-4-7-10-13-14-17-25-33-44-36(41)28-21-18-23-31-40(38(43)46-34-30-39)32-24-22-29-37(42)45-35(26-19-15-11-8-5-2)27-20-16-12-9-6-3/h17,25,35H,4-16,18-24,26-34,39H2,1-3H3/b25-17-. The third-order valence-electron chi connectivity index (χ3n) is 8.26. The van der Waals surface area contributed by atoms with Gasteiger partial charge in [-0.1, -0.05) is 122 Å². The number of hydrogen-bond donors (Lipinski definition) is 1. The molecule has 0 aromatic heterocycles. The molecule has 0 bridgehead atoms. The van der Waals surface area contributed by atoms with E-state index in [0.717, 1.165) is 57.8 Å². The molecule has 0 aliphatic heterocycles. The van der Waals surface area contributed by atoms with Gasteiger partial charge in [-0.3, -0.25) is 14.4 Å². The first-order valence-corrected chi connectivity index (χ1v) is 20.1. The highest BCUT2D eigenvalue weighted by molar-refractivity contribution is 8.13. The van der Waals surface area contributed by atoms with E-state index in [2.05, 4.69) is 26.8 Å². The summed E-state index contributed by atoms with van der Waals surface area (Å²) in [4.78, 5) is 39.4. The Hall–Kier alpha value is -1.54. The van der Waals surface area contributed by atoms with E-state index in [4.69, 9.17) is 15.2 Å². The third kappa shape index (κ3) is 29.8. The summed E-state index contributed by atoms with van der Waals surface area (Å²) in [5.74, 6) is 0.333. The molecule has 0 heterocycles. The van der Waals surface area contributed by atoms with Crippen molar-refractivity contribution in [2.45, 2.75) is 181 Å². The van der Waals surface area contributed by atoms with E-state index in [1.54, 1.807) is 0 Å². The quantitative estimate of drug-likeness (QED) is 0.0422. The van der Waals surface area contributed by atoms with Gasteiger partial charge in [0.2, 0.25) is 0 Å². The van der Waals surface area contributed by atoms with E-state index >= 15 is 0 Å². The predicted octanol–water partition coefficient (Wildman–Crippen LogP) is 10.5. The average Bonchev–Trinajstić information content (AvgIpc) is 3.05. The molecule has 0 radical (unpaired) electrons. The van der Waals surface area contributed by atoms with Crippen LogP contribution < -0.4 is 5.73 Å². The van der Waals surface area contributed by atoms with Gasteiger partial charge in [-0.15, -0.1) is 0 Å². The number of ether oxygens (including phenoxy) is 2. The number of hydrogen-bond acceptors (Lipinski definition) is 7. The largest absolute Gasteiger partial charge is 0.462 e. The van der Waals surface area contributed by atoms with Gasteiger partial charge < -0.3 is 20.1 Å². The van der Waals surface area contributed by atoms with Gasteiger partial charge in [0.25, 0.3) is 5.24 Å². The average molecular weight is 669 g/mol. The fourth-order valence-corrected chi connectivity index (χ4v) is 6.06. The first-order valence-electron chi connectivity index (χ1n) is 19.1. The number of carbonyl (C=O) groups excluding carboxylic acids is 3. The van der Waals surface area contributed by atoms with Gasteiger partial charge in [-0.2, -0.15) is 0 Å². The van der Waals surface area contributed by atoms with Gasteiger partial charge in [-0.25, -0.2) is 0 Å². The van der Waals surface area contributed by atoms with Gasteiger partial charge in [0, 0.05) is 38.2 Å². The van der Waals surface area contributed by atoms with E-state index in [9.17, 15) is 14.4 Å². The van der Waals surface area contributed by atoms with Crippen LogP contribution in [0.2, 0.25) is 0 Å². The van der Waals surface area contributed by atoms with E-state index in [1.807, 2.05) is 11.0 Å². The SMILES string of the molecule is CCCCCC/C=C\COC(=O)CCCCCN(CCCCC(=O)OC(CCCCCCC)CCCCCCC)C(=O)SCCN. The Kier molecular flexibility index (Phi) is 33.6. The number of allylic oxidation sites excluding steroid dienone is 1. The van der Waals surface area contributed by atoms with Gasteiger partial charge >= 0.3 is 11.9 Å². The predicted molar refractivity (Wildman–Crippen MR) is 196 cm³/mol. The van der Waals surface area contributed by atoms with Crippen molar-refractivity contribution in [3.05, 3.63) is 12.2 Å². The Labute approximate surface area is 287 Å². The Morgan fingerprint density at radius 2 is 1.17 bits per heavy atom. The molecule has 0 rings (SSSR count). The molecule has 0 unspecified atom stereocenters. The molecular weight excluding hydrogens is 596 g/mol. The molecule has 0 fully saturated rings. The van der Waals surface area contributed by atoms with Crippen LogP contribution in [-0.2, 0) is 19.1 Å². The van der Waals surface area contributed by atoms with Gasteiger partial charge in [0.15, 0.2) is 0 Å². The van der Waals surface area contributed by atoms with Crippen molar-refractivity contribution in [2.24, 2.45) is 5.73 Å². The van der Waals surface area contributed by atoms with Crippen LogP contribution in [0.1, 0.15) is 175 Å². The molecule has 270 valence electrons. The topological polar surface area (TPSA) is 98.9 Å². The summed E-state index contributed by atoms with van der Waals surface area (Å²) in [7, 11) is 0. The van der Waals surface area contributed by atoms with Crippen molar-refractivity contribution in [3.63, 3.8) is 0 Å². The lowest BCUT2D eigenvalue weighted by Gasteiger charge is -2.22. The van der Waals surface area contributed by atoms with Crippen molar-refractivity contribution in [1.82, 2.24) is 4.90 Å². The molecule has 0 saturated heterocycles. The molecule has 8 heteroatoms. The minimum absolute atomic E-state index is 0.0376. The van der Waals surface area contributed by atoms with Gasteiger partial charge in [0.1, 0.15) is 12.7 Å². The summed E-state index contributed by atoms with van der Waals surface area (Å²) in [6.07, 6.45) is 29.0. The monoisotopic (exact) mass is 669 g/mol. The smallest absolute Gasteiger partial charge is 0.306 e. The molecular formula is C38H72N2O5S. The first-order chi connectivity index (χ1) is 22.5. The number of rotatable bonds is 33. The Bertz CT molecular complexity index is 735. The lowest BCUT2D eigenvalue weighted by atomic mass is 10.0. The first kappa shape index (κ1) is 44.5. The maximum absolute atomic E-state index is 12.8. The van der Waals surface area contributed by atoms with Crippen molar-refractivity contribution in [1.29, 1.82) is 0 Å². The van der Waals surface area contributed by atoms with Crippen LogP contribution in [0.5, 0.6) is 0 Å². The molecule has 0 spiro atoms. The molecule has 0 aromatic rings. The Morgan fingerprint density at radius 1 is 0.652 bits per heavy atom. The minimum Gasteiger partial charge on any atom is -0.462 e. The third-order valence-corrected chi connectivity index (χ3v) is 9.20.